The highest BCUT2D eigenvalue weighted by molar-refractivity contribution is 7.91. The maximum atomic E-state index is 14.7. The van der Waals surface area contributed by atoms with Crippen LogP contribution in [0.15, 0.2) is 47.4 Å². The molecular formula is C24H27ClF2N2O5S. The van der Waals surface area contributed by atoms with Crippen molar-refractivity contribution in [3.8, 4) is 0 Å². The molecule has 1 heterocycles. The van der Waals surface area contributed by atoms with Crippen LogP contribution in [0.5, 0.6) is 0 Å². The number of nitrogens with zero attached hydrogens (tertiary/aromatic N) is 2. The van der Waals surface area contributed by atoms with Gasteiger partial charge in [0, 0.05) is 49.1 Å². The molecule has 0 unspecified atom stereocenters. The lowest BCUT2D eigenvalue weighted by molar-refractivity contribution is -0.132. The summed E-state index contributed by atoms with van der Waals surface area (Å²) in [5.74, 6) is -2.59. The predicted molar refractivity (Wildman–Crippen MR) is 127 cm³/mol. The van der Waals surface area contributed by atoms with Crippen LogP contribution >= 0.6 is 11.6 Å². The van der Waals surface area contributed by atoms with E-state index in [-0.39, 0.29) is 36.1 Å². The van der Waals surface area contributed by atoms with Gasteiger partial charge in [-0.3, -0.25) is 4.79 Å². The molecule has 2 aromatic rings. The third kappa shape index (κ3) is 6.29. The Morgan fingerprint density at radius 3 is 2.23 bits per heavy atom. The summed E-state index contributed by atoms with van der Waals surface area (Å²) in [5, 5.41) is -1.20. The Bertz CT molecular complexity index is 1170. The maximum Gasteiger partial charge on any atom is 0.409 e. The summed E-state index contributed by atoms with van der Waals surface area (Å²) in [7, 11) is -4.22. The molecular weight excluding hydrogens is 502 g/mol. The first kappa shape index (κ1) is 26.9. The molecule has 0 spiro atoms. The number of halogens is 3. The third-order valence-electron chi connectivity index (χ3n) is 5.92. The summed E-state index contributed by atoms with van der Waals surface area (Å²) < 4.78 is 61.1. The largest absolute Gasteiger partial charge is 0.449 e. The second-order valence-electron chi connectivity index (χ2n) is 8.36. The van der Waals surface area contributed by atoms with Crippen molar-refractivity contribution in [1.82, 2.24) is 9.80 Å². The van der Waals surface area contributed by atoms with E-state index in [0.29, 0.717) is 24.5 Å². The van der Waals surface area contributed by atoms with Gasteiger partial charge in [-0.15, -0.1) is 0 Å². The number of hydrogen-bond acceptors (Lipinski definition) is 5. The molecule has 2 aromatic carbocycles. The lowest BCUT2D eigenvalue weighted by atomic mass is 10.0. The summed E-state index contributed by atoms with van der Waals surface area (Å²) in [6, 6.07) is 7.97. The Morgan fingerprint density at radius 1 is 1.03 bits per heavy atom. The number of carbonyl (C=O) groups excluding carboxylic acids is 2. The minimum atomic E-state index is -4.22. The molecule has 2 amide bonds. The second-order valence-corrected chi connectivity index (χ2v) is 10.9. The van der Waals surface area contributed by atoms with Crippen LogP contribution in [0, 0.1) is 17.6 Å². The van der Waals surface area contributed by atoms with Crippen LogP contribution in [-0.2, 0) is 19.4 Å². The number of sulfone groups is 1. The van der Waals surface area contributed by atoms with E-state index in [2.05, 4.69) is 0 Å². The van der Waals surface area contributed by atoms with Gasteiger partial charge in [-0.2, -0.15) is 0 Å². The molecule has 7 nitrogen and oxygen atoms in total. The number of carbonyl (C=O) groups is 2. The highest BCUT2D eigenvalue weighted by Crippen LogP contribution is 2.37. The standard InChI is InChI=1S/C24H27ClF2N2O5S/c1-3-22(30)28-10-12-29(13-11-28)24(31)34-15-16(2)23(20-14-18(26)6-9-21(20)27)35(32,33)19-7-4-17(25)5-8-19/h4-9,14,16,23H,3,10-13,15H2,1-2H3/t16-,23+/m1/s1. The van der Waals surface area contributed by atoms with E-state index in [1.165, 1.54) is 36.1 Å². The minimum absolute atomic E-state index is 0.000919. The fraction of sp³-hybridized carbons (Fsp3) is 0.417. The molecule has 1 aliphatic rings. The molecule has 0 radical (unpaired) electrons. The first-order valence-corrected chi connectivity index (χ1v) is 13.1. The summed E-state index contributed by atoms with van der Waals surface area (Å²) in [6.45, 7) is 4.22. The van der Waals surface area contributed by atoms with E-state index >= 15 is 0 Å². The fourth-order valence-corrected chi connectivity index (χ4v) is 6.17. The van der Waals surface area contributed by atoms with Crippen molar-refractivity contribution in [2.45, 2.75) is 30.4 Å². The number of ether oxygens (including phenoxy) is 1. The third-order valence-corrected chi connectivity index (χ3v) is 8.49. The van der Waals surface area contributed by atoms with Crippen molar-refractivity contribution in [3.05, 3.63) is 64.7 Å². The van der Waals surface area contributed by atoms with Crippen molar-refractivity contribution >= 4 is 33.4 Å². The molecule has 1 saturated heterocycles. The molecule has 3 rings (SSSR count). The highest BCUT2D eigenvalue weighted by atomic mass is 35.5. The second kappa shape index (κ2) is 11.3. The molecule has 0 bridgehead atoms. The first-order valence-electron chi connectivity index (χ1n) is 11.2. The normalized spacial score (nSPS) is 16.0. The molecule has 1 aliphatic heterocycles. The number of rotatable bonds is 7. The number of hydrogen-bond donors (Lipinski definition) is 0. The van der Waals surface area contributed by atoms with Gasteiger partial charge in [0.2, 0.25) is 5.91 Å². The van der Waals surface area contributed by atoms with Gasteiger partial charge in [0.1, 0.15) is 11.6 Å². The summed E-state index contributed by atoms with van der Waals surface area (Å²) in [5.41, 5.74) is -0.352. The molecule has 0 aromatic heterocycles. The SMILES string of the molecule is CCC(=O)N1CCN(C(=O)OC[C@@H](C)[C@@H](c2cc(F)ccc2F)S(=O)(=O)c2ccc(Cl)cc2)CC1. The van der Waals surface area contributed by atoms with Gasteiger partial charge < -0.3 is 14.5 Å². The van der Waals surface area contributed by atoms with Gasteiger partial charge in [-0.05, 0) is 42.5 Å². The minimum Gasteiger partial charge on any atom is -0.449 e. The monoisotopic (exact) mass is 528 g/mol. The number of amides is 2. The Balaban J connectivity index is 1.79. The van der Waals surface area contributed by atoms with E-state index < -0.39 is 38.7 Å². The number of benzene rings is 2. The van der Waals surface area contributed by atoms with Gasteiger partial charge in [-0.1, -0.05) is 25.4 Å². The van der Waals surface area contributed by atoms with E-state index in [4.69, 9.17) is 16.3 Å². The quantitative estimate of drug-likeness (QED) is 0.530. The van der Waals surface area contributed by atoms with Crippen LogP contribution in [0.4, 0.5) is 13.6 Å². The Labute approximate surface area is 208 Å². The predicted octanol–water partition coefficient (Wildman–Crippen LogP) is 4.46. The van der Waals surface area contributed by atoms with E-state index in [1.807, 2.05) is 0 Å². The van der Waals surface area contributed by atoms with Crippen molar-refractivity contribution in [1.29, 1.82) is 0 Å². The highest BCUT2D eigenvalue weighted by Gasteiger charge is 2.37. The van der Waals surface area contributed by atoms with E-state index in [1.54, 1.807) is 11.8 Å². The fourth-order valence-electron chi connectivity index (χ4n) is 4.03. The molecule has 11 heteroatoms. The van der Waals surface area contributed by atoms with E-state index in [9.17, 15) is 26.8 Å². The topological polar surface area (TPSA) is 84.0 Å². The first-order chi connectivity index (χ1) is 16.5. The average Bonchev–Trinajstić information content (AvgIpc) is 2.84. The zero-order valence-electron chi connectivity index (χ0n) is 19.4. The van der Waals surface area contributed by atoms with Crippen LogP contribution in [0.3, 0.4) is 0 Å². The summed E-state index contributed by atoms with van der Waals surface area (Å²) in [6.07, 6.45) is -0.287. The van der Waals surface area contributed by atoms with Crippen LogP contribution < -0.4 is 0 Å². The molecule has 1 fully saturated rings. The summed E-state index contributed by atoms with van der Waals surface area (Å²) >= 11 is 5.87. The Kier molecular flexibility index (Phi) is 8.71. The Hall–Kier alpha value is -2.72. The van der Waals surface area contributed by atoms with Gasteiger partial charge >= 0.3 is 6.09 Å². The van der Waals surface area contributed by atoms with Crippen molar-refractivity contribution in [2.75, 3.05) is 32.8 Å². The zero-order valence-corrected chi connectivity index (χ0v) is 21.0. The maximum absolute atomic E-state index is 14.7. The van der Waals surface area contributed by atoms with Gasteiger partial charge in [0.15, 0.2) is 9.84 Å². The van der Waals surface area contributed by atoms with Gasteiger partial charge in [-0.25, -0.2) is 22.0 Å². The molecule has 0 N–H and O–H groups in total. The lowest BCUT2D eigenvalue weighted by Crippen LogP contribution is -2.50. The van der Waals surface area contributed by atoms with Crippen LogP contribution in [0.1, 0.15) is 31.1 Å². The Morgan fingerprint density at radius 2 is 1.63 bits per heavy atom. The van der Waals surface area contributed by atoms with Gasteiger partial charge in [0.25, 0.3) is 0 Å². The van der Waals surface area contributed by atoms with E-state index in [0.717, 1.165) is 18.2 Å². The average molecular weight is 529 g/mol. The smallest absolute Gasteiger partial charge is 0.409 e. The zero-order chi connectivity index (χ0) is 25.8. The molecule has 35 heavy (non-hydrogen) atoms. The van der Waals surface area contributed by atoms with Crippen LogP contribution in [-0.4, -0.2) is 63.0 Å². The molecule has 0 saturated carbocycles. The molecule has 0 aliphatic carbocycles. The van der Waals surface area contributed by atoms with Crippen molar-refractivity contribution < 1.29 is 31.5 Å². The van der Waals surface area contributed by atoms with Crippen LogP contribution in [0.2, 0.25) is 5.02 Å². The number of piperazine rings is 1. The van der Waals surface area contributed by atoms with Crippen molar-refractivity contribution in [3.63, 3.8) is 0 Å². The van der Waals surface area contributed by atoms with Crippen molar-refractivity contribution in [2.24, 2.45) is 5.92 Å². The molecule has 2 atom stereocenters. The molecule has 190 valence electrons. The van der Waals surface area contributed by atoms with Gasteiger partial charge in [0.05, 0.1) is 16.8 Å². The lowest BCUT2D eigenvalue weighted by Gasteiger charge is -2.34. The van der Waals surface area contributed by atoms with Crippen LogP contribution in [0.25, 0.3) is 0 Å². The summed E-state index contributed by atoms with van der Waals surface area (Å²) in [4.78, 5) is 27.4.